The highest BCUT2D eigenvalue weighted by molar-refractivity contribution is 9.10. The zero-order valence-corrected chi connectivity index (χ0v) is 15.2. The third-order valence-corrected chi connectivity index (χ3v) is 8.06. The topological polar surface area (TPSA) is 20.2 Å². The van der Waals surface area contributed by atoms with Gasteiger partial charge in [0.05, 0.1) is 0 Å². The number of fused-ring (bicyclic) bond motifs is 2. The van der Waals surface area contributed by atoms with Crippen molar-refractivity contribution < 1.29 is 5.11 Å². The van der Waals surface area contributed by atoms with E-state index in [1.807, 2.05) is 17.8 Å². The highest BCUT2D eigenvalue weighted by atomic mass is 79.9. The van der Waals surface area contributed by atoms with E-state index in [4.69, 9.17) is 0 Å². The van der Waals surface area contributed by atoms with Gasteiger partial charge in [-0.25, -0.2) is 0 Å². The summed E-state index contributed by atoms with van der Waals surface area (Å²) in [5.41, 5.74) is 2.45. The summed E-state index contributed by atoms with van der Waals surface area (Å²) in [7, 11) is 0. The molecule has 1 unspecified atom stereocenters. The second kappa shape index (κ2) is 5.70. The summed E-state index contributed by atoms with van der Waals surface area (Å²) in [6, 6.07) is 8.39. The molecule has 108 valence electrons. The maximum absolute atomic E-state index is 10.8. The maximum Gasteiger partial charge on any atom is 0.115 e. The quantitative estimate of drug-likeness (QED) is 0.608. The van der Waals surface area contributed by atoms with Crippen LogP contribution in [0.2, 0.25) is 0 Å². The van der Waals surface area contributed by atoms with Crippen molar-refractivity contribution in [1.82, 2.24) is 0 Å². The number of thiophene rings is 2. The normalized spacial score (nSPS) is 16.1. The Morgan fingerprint density at radius 3 is 3.05 bits per heavy atom. The monoisotopic (exact) mass is 396 g/mol. The number of rotatable bonds is 2. The summed E-state index contributed by atoms with van der Waals surface area (Å²) < 4.78 is 2.31. The molecule has 0 aliphatic carbocycles. The molecule has 1 nitrogen and oxygen atoms in total. The minimum absolute atomic E-state index is 0.506. The number of benzene rings is 1. The van der Waals surface area contributed by atoms with Gasteiger partial charge in [-0.15, -0.1) is 22.7 Å². The predicted molar refractivity (Wildman–Crippen MR) is 97.8 cm³/mol. The van der Waals surface area contributed by atoms with E-state index in [0.29, 0.717) is 0 Å². The molecule has 1 aliphatic rings. The van der Waals surface area contributed by atoms with Gasteiger partial charge in [0.25, 0.3) is 0 Å². The first-order valence-corrected chi connectivity index (χ1v) is 10.4. The smallest absolute Gasteiger partial charge is 0.115 e. The Bertz CT molecular complexity index is 782. The first-order chi connectivity index (χ1) is 10.2. The van der Waals surface area contributed by atoms with Crippen molar-refractivity contribution in [2.24, 2.45) is 0 Å². The molecule has 0 bridgehead atoms. The highest BCUT2D eigenvalue weighted by Gasteiger charge is 2.21. The van der Waals surface area contributed by atoms with Gasteiger partial charge in [0.1, 0.15) is 6.10 Å². The van der Waals surface area contributed by atoms with Gasteiger partial charge < -0.3 is 5.11 Å². The van der Waals surface area contributed by atoms with E-state index >= 15 is 0 Å². The summed E-state index contributed by atoms with van der Waals surface area (Å²) in [4.78, 5) is 2.55. The van der Waals surface area contributed by atoms with Crippen molar-refractivity contribution in [2.75, 3.05) is 5.75 Å². The van der Waals surface area contributed by atoms with Gasteiger partial charge in [0.2, 0.25) is 0 Å². The molecule has 1 N–H and O–H groups in total. The first-order valence-electron chi connectivity index (χ1n) is 6.77. The van der Waals surface area contributed by atoms with E-state index in [-0.39, 0.29) is 0 Å². The molecule has 2 aromatic heterocycles. The second-order valence-electron chi connectivity index (χ2n) is 5.11. The largest absolute Gasteiger partial charge is 0.383 e. The highest BCUT2D eigenvalue weighted by Crippen LogP contribution is 2.41. The van der Waals surface area contributed by atoms with Gasteiger partial charge in [-0.05, 0) is 56.6 Å². The summed E-state index contributed by atoms with van der Waals surface area (Å²) >= 11 is 9.05. The molecule has 0 saturated heterocycles. The van der Waals surface area contributed by atoms with Crippen LogP contribution in [-0.2, 0) is 12.2 Å². The SMILES string of the molecule is OC(c1cc2c(s1)CCSC2)c1csc2c(Br)cccc12. The van der Waals surface area contributed by atoms with Crippen LogP contribution < -0.4 is 0 Å². The molecule has 1 aromatic carbocycles. The van der Waals surface area contributed by atoms with Gasteiger partial charge in [0.15, 0.2) is 0 Å². The third-order valence-electron chi connectivity index (χ3n) is 3.79. The number of aliphatic hydroxyl groups excluding tert-OH is 1. The summed E-state index contributed by atoms with van der Waals surface area (Å²) in [6.07, 6.45) is 0.640. The van der Waals surface area contributed by atoms with Crippen molar-refractivity contribution in [3.63, 3.8) is 0 Å². The number of aryl methyl sites for hydroxylation is 1. The van der Waals surface area contributed by atoms with Crippen molar-refractivity contribution in [3.05, 3.63) is 55.0 Å². The standard InChI is InChI=1S/C16H13BrOS3/c17-12-3-1-2-10-11(8-20-16(10)12)15(18)14-6-9-7-19-5-4-13(9)21-14/h1-3,6,8,15,18H,4-5,7H2. The van der Waals surface area contributed by atoms with Gasteiger partial charge >= 0.3 is 0 Å². The number of halogens is 1. The van der Waals surface area contributed by atoms with Crippen molar-refractivity contribution >= 4 is 60.5 Å². The molecule has 0 radical (unpaired) electrons. The molecule has 4 rings (SSSR count). The number of hydrogen-bond donors (Lipinski definition) is 1. The lowest BCUT2D eigenvalue weighted by Crippen LogP contribution is -1.96. The molecule has 1 atom stereocenters. The average molecular weight is 397 g/mol. The van der Waals surface area contributed by atoms with E-state index < -0.39 is 6.10 Å². The molecular weight excluding hydrogens is 384 g/mol. The van der Waals surface area contributed by atoms with E-state index in [1.165, 1.54) is 20.9 Å². The fourth-order valence-electron chi connectivity index (χ4n) is 2.71. The van der Waals surface area contributed by atoms with Crippen LogP contribution in [0.1, 0.15) is 27.0 Å². The van der Waals surface area contributed by atoms with Gasteiger partial charge in [-0.1, -0.05) is 12.1 Å². The van der Waals surface area contributed by atoms with Crippen molar-refractivity contribution in [2.45, 2.75) is 18.3 Å². The molecule has 5 heteroatoms. The number of thioether (sulfide) groups is 1. The summed E-state index contributed by atoms with van der Waals surface area (Å²) in [5.74, 6) is 2.30. The average Bonchev–Trinajstić information content (AvgIpc) is 3.11. The van der Waals surface area contributed by atoms with Crippen LogP contribution in [0.3, 0.4) is 0 Å². The van der Waals surface area contributed by atoms with Crippen LogP contribution in [0, 0.1) is 0 Å². The van der Waals surface area contributed by atoms with Crippen molar-refractivity contribution in [3.8, 4) is 0 Å². The van der Waals surface area contributed by atoms with Gasteiger partial charge in [0, 0.05) is 30.2 Å². The van der Waals surface area contributed by atoms with Crippen LogP contribution in [0.5, 0.6) is 0 Å². The minimum Gasteiger partial charge on any atom is -0.383 e. The Kier molecular flexibility index (Phi) is 3.88. The Morgan fingerprint density at radius 1 is 1.29 bits per heavy atom. The Labute approximate surface area is 144 Å². The lowest BCUT2D eigenvalue weighted by atomic mass is 10.1. The lowest BCUT2D eigenvalue weighted by molar-refractivity contribution is 0.226. The molecule has 0 amide bonds. The first kappa shape index (κ1) is 14.3. The second-order valence-corrected chi connectivity index (χ2v) is 9.12. The molecular formula is C16H13BrOS3. The number of hydrogen-bond acceptors (Lipinski definition) is 4. The molecule has 21 heavy (non-hydrogen) atoms. The Hall–Kier alpha value is -0.330. The zero-order chi connectivity index (χ0) is 14.4. The van der Waals surface area contributed by atoms with Crippen LogP contribution in [-0.4, -0.2) is 10.9 Å². The van der Waals surface area contributed by atoms with E-state index in [0.717, 1.165) is 32.5 Å². The third kappa shape index (κ3) is 2.49. The Morgan fingerprint density at radius 2 is 2.19 bits per heavy atom. The van der Waals surface area contributed by atoms with Crippen LogP contribution >= 0.6 is 50.4 Å². The zero-order valence-electron chi connectivity index (χ0n) is 11.1. The van der Waals surface area contributed by atoms with Crippen molar-refractivity contribution in [1.29, 1.82) is 0 Å². The molecule has 3 heterocycles. The number of aliphatic hydroxyl groups is 1. The van der Waals surface area contributed by atoms with Crippen LogP contribution in [0.15, 0.2) is 34.1 Å². The fourth-order valence-corrected chi connectivity index (χ4v) is 6.73. The van der Waals surface area contributed by atoms with E-state index in [2.05, 4.69) is 39.5 Å². The molecule has 3 aromatic rings. The minimum atomic E-state index is -0.506. The van der Waals surface area contributed by atoms with Crippen LogP contribution in [0.4, 0.5) is 0 Å². The molecule has 0 fully saturated rings. The molecule has 0 spiro atoms. The Balaban J connectivity index is 1.77. The van der Waals surface area contributed by atoms with E-state index in [1.54, 1.807) is 22.7 Å². The summed E-state index contributed by atoms with van der Waals surface area (Å²) in [6.45, 7) is 0. The molecule has 1 aliphatic heterocycles. The lowest BCUT2D eigenvalue weighted by Gasteiger charge is -2.08. The van der Waals surface area contributed by atoms with Gasteiger partial charge in [-0.2, -0.15) is 11.8 Å². The van der Waals surface area contributed by atoms with Gasteiger partial charge in [-0.3, -0.25) is 0 Å². The molecule has 0 saturated carbocycles. The van der Waals surface area contributed by atoms with E-state index in [9.17, 15) is 5.11 Å². The summed E-state index contributed by atoms with van der Waals surface area (Å²) in [5, 5.41) is 14.1. The van der Waals surface area contributed by atoms with Crippen LogP contribution in [0.25, 0.3) is 10.1 Å². The fraction of sp³-hybridized carbons (Fsp3) is 0.250. The maximum atomic E-state index is 10.8. The predicted octanol–water partition coefficient (Wildman–Crippen LogP) is 5.60.